The Morgan fingerprint density at radius 3 is 2.46 bits per heavy atom. The second kappa shape index (κ2) is 8.07. The fourth-order valence-electron chi connectivity index (χ4n) is 2.19. The third-order valence-corrected chi connectivity index (χ3v) is 6.24. The van der Waals surface area contributed by atoms with Crippen LogP contribution < -0.4 is 10.1 Å². The fourth-order valence-corrected chi connectivity index (χ4v) is 3.86. The molecule has 0 aliphatic rings. The molecular formula is C18H21ClN2O4S. The number of ether oxygens (including phenoxy) is 1. The second-order valence-electron chi connectivity index (χ2n) is 5.95. The normalized spacial score (nSPS) is 11.7. The third kappa shape index (κ3) is 4.35. The molecule has 0 spiro atoms. The van der Waals surface area contributed by atoms with Crippen LogP contribution in [0.2, 0.25) is 5.02 Å². The fraction of sp³-hybridized carbons (Fsp3) is 0.278. The highest BCUT2D eigenvalue weighted by atomic mass is 35.5. The number of sulfonamides is 1. The van der Waals surface area contributed by atoms with Gasteiger partial charge in [0.2, 0.25) is 10.0 Å². The van der Waals surface area contributed by atoms with Crippen LogP contribution in [0.3, 0.4) is 0 Å². The zero-order valence-electron chi connectivity index (χ0n) is 15.0. The SMILES string of the molecule is COc1ccc(NC(=O)c2cccc(S(=O)(=O)N(C)C(C)C)c2)cc1Cl. The van der Waals surface area contributed by atoms with Gasteiger partial charge in [-0.1, -0.05) is 17.7 Å². The van der Waals surface area contributed by atoms with Crippen molar-refractivity contribution in [2.75, 3.05) is 19.5 Å². The summed E-state index contributed by atoms with van der Waals surface area (Å²) in [5.74, 6) is 0.0602. The first kappa shape index (κ1) is 20.2. The lowest BCUT2D eigenvalue weighted by molar-refractivity contribution is 0.102. The van der Waals surface area contributed by atoms with E-state index in [0.29, 0.717) is 16.5 Å². The van der Waals surface area contributed by atoms with Crippen molar-refractivity contribution < 1.29 is 17.9 Å². The number of carbonyl (C=O) groups is 1. The van der Waals surface area contributed by atoms with Gasteiger partial charge in [0.25, 0.3) is 5.91 Å². The van der Waals surface area contributed by atoms with Crippen LogP contribution in [0.5, 0.6) is 5.75 Å². The van der Waals surface area contributed by atoms with Gasteiger partial charge < -0.3 is 10.1 Å². The van der Waals surface area contributed by atoms with Crippen molar-refractivity contribution in [1.29, 1.82) is 0 Å². The Bertz CT molecular complexity index is 913. The van der Waals surface area contributed by atoms with Gasteiger partial charge in [-0.3, -0.25) is 4.79 Å². The molecule has 2 aromatic rings. The largest absolute Gasteiger partial charge is 0.495 e. The summed E-state index contributed by atoms with van der Waals surface area (Å²) in [5, 5.41) is 3.05. The minimum absolute atomic E-state index is 0.0640. The predicted molar refractivity (Wildman–Crippen MR) is 102 cm³/mol. The lowest BCUT2D eigenvalue weighted by Crippen LogP contribution is -2.33. The minimum Gasteiger partial charge on any atom is -0.495 e. The van der Waals surface area contributed by atoms with Gasteiger partial charge in [0.1, 0.15) is 5.75 Å². The lowest BCUT2D eigenvalue weighted by atomic mass is 10.2. The van der Waals surface area contributed by atoms with Gasteiger partial charge in [0, 0.05) is 24.3 Å². The maximum Gasteiger partial charge on any atom is 0.255 e. The quantitative estimate of drug-likeness (QED) is 0.808. The molecule has 140 valence electrons. The molecule has 6 nitrogen and oxygen atoms in total. The Kier molecular flexibility index (Phi) is 6.28. The number of halogens is 1. The van der Waals surface area contributed by atoms with E-state index in [9.17, 15) is 13.2 Å². The molecule has 0 bridgehead atoms. The summed E-state index contributed by atoms with van der Waals surface area (Å²) in [5.41, 5.74) is 0.712. The van der Waals surface area contributed by atoms with Crippen molar-refractivity contribution in [3.63, 3.8) is 0 Å². The molecular weight excluding hydrogens is 376 g/mol. The van der Waals surface area contributed by atoms with E-state index in [1.54, 1.807) is 38.1 Å². The molecule has 0 atom stereocenters. The first-order valence-electron chi connectivity index (χ1n) is 7.90. The number of carbonyl (C=O) groups excluding carboxylic acids is 1. The van der Waals surface area contributed by atoms with Crippen molar-refractivity contribution >= 4 is 33.2 Å². The van der Waals surface area contributed by atoms with Crippen molar-refractivity contribution in [2.24, 2.45) is 0 Å². The Morgan fingerprint density at radius 2 is 1.88 bits per heavy atom. The van der Waals surface area contributed by atoms with E-state index < -0.39 is 15.9 Å². The van der Waals surface area contributed by atoms with Crippen molar-refractivity contribution in [3.8, 4) is 5.75 Å². The van der Waals surface area contributed by atoms with Gasteiger partial charge in [-0.15, -0.1) is 0 Å². The maximum absolute atomic E-state index is 12.6. The highest BCUT2D eigenvalue weighted by molar-refractivity contribution is 7.89. The van der Waals surface area contributed by atoms with E-state index in [1.807, 2.05) is 0 Å². The number of nitrogens with one attached hydrogen (secondary N) is 1. The maximum atomic E-state index is 12.6. The summed E-state index contributed by atoms with van der Waals surface area (Å²) in [6.45, 7) is 3.56. The molecule has 8 heteroatoms. The molecule has 0 aliphatic heterocycles. The predicted octanol–water partition coefficient (Wildman–Crippen LogP) is 3.63. The topological polar surface area (TPSA) is 75.7 Å². The summed E-state index contributed by atoms with van der Waals surface area (Å²) in [7, 11) is -0.662. The van der Waals surface area contributed by atoms with E-state index in [1.165, 1.54) is 36.7 Å². The number of benzene rings is 2. The zero-order valence-corrected chi connectivity index (χ0v) is 16.6. The molecule has 2 aromatic carbocycles. The number of nitrogens with zero attached hydrogens (tertiary/aromatic N) is 1. The molecule has 0 saturated heterocycles. The molecule has 1 N–H and O–H groups in total. The van der Waals surface area contributed by atoms with E-state index >= 15 is 0 Å². The molecule has 0 aromatic heterocycles. The highest BCUT2D eigenvalue weighted by Crippen LogP contribution is 2.27. The number of hydrogen-bond acceptors (Lipinski definition) is 4. The summed E-state index contributed by atoms with van der Waals surface area (Å²) in [4.78, 5) is 12.5. The van der Waals surface area contributed by atoms with Crippen molar-refractivity contribution in [2.45, 2.75) is 24.8 Å². The van der Waals surface area contributed by atoms with Crippen LogP contribution in [-0.4, -0.2) is 38.8 Å². The van der Waals surface area contributed by atoms with Crippen molar-refractivity contribution in [1.82, 2.24) is 4.31 Å². The average molecular weight is 397 g/mol. The molecule has 0 unspecified atom stereocenters. The van der Waals surface area contributed by atoms with Gasteiger partial charge in [-0.2, -0.15) is 4.31 Å². The second-order valence-corrected chi connectivity index (χ2v) is 8.35. The molecule has 0 fully saturated rings. The molecule has 0 aliphatic carbocycles. The first-order chi connectivity index (χ1) is 12.2. The molecule has 0 saturated carbocycles. The first-order valence-corrected chi connectivity index (χ1v) is 9.71. The number of hydrogen-bond donors (Lipinski definition) is 1. The Labute approximate surface area is 158 Å². The smallest absolute Gasteiger partial charge is 0.255 e. The van der Waals surface area contributed by atoms with Crippen LogP contribution >= 0.6 is 11.6 Å². The molecule has 0 heterocycles. The lowest BCUT2D eigenvalue weighted by Gasteiger charge is -2.21. The van der Waals surface area contributed by atoms with E-state index in [-0.39, 0.29) is 16.5 Å². The van der Waals surface area contributed by atoms with Gasteiger partial charge in [-0.05, 0) is 50.2 Å². The number of amides is 1. The summed E-state index contributed by atoms with van der Waals surface area (Å²) in [6.07, 6.45) is 0. The third-order valence-electron chi connectivity index (χ3n) is 3.91. The van der Waals surface area contributed by atoms with E-state index in [4.69, 9.17) is 16.3 Å². The average Bonchev–Trinajstić information content (AvgIpc) is 2.61. The number of anilines is 1. The Hall–Kier alpha value is -2.09. The molecule has 26 heavy (non-hydrogen) atoms. The van der Waals surface area contributed by atoms with Crippen LogP contribution in [-0.2, 0) is 10.0 Å². The van der Waals surface area contributed by atoms with Crippen molar-refractivity contribution in [3.05, 3.63) is 53.1 Å². The van der Waals surface area contributed by atoms with Crippen LogP contribution in [0.25, 0.3) is 0 Å². The summed E-state index contributed by atoms with van der Waals surface area (Å²) < 4.78 is 31.5. The molecule has 0 radical (unpaired) electrons. The highest BCUT2D eigenvalue weighted by Gasteiger charge is 2.24. The van der Waals surface area contributed by atoms with Crippen LogP contribution in [0, 0.1) is 0 Å². The zero-order chi connectivity index (χ0) is 19.5. The molecule has 1 amide bonds. The van der Waals surface area contributed by atoms with E-state index in [2.05, 4.69) is 5.32 Å². The molecule has 2 rings (SSSR count). The minimum atomic E-state index is -3.67. The Morgan fingerprint density at radius 1 is 1.19 bits per heavy atom. The van der Waals surface area contributed by atoms with Crippen LogP contribution in [0.4, 0.5) is 5.69 Å². The number of rotatable bonds is 6. The van der Waals surface area contributed by atoms with E-state index in [0.717, 1.165) is 0 Å². The summed E-state index contributed by atoms with van der Waals surface area (Å²) >= 11 is 6.05. The van der Waals surface area contributed by atoms with Gasteiger partial charge >= 0.3 is 0 Å². The monoisotopic (exact) mass is 396 g/mol. The number of methoxy groups -OCH3 is 1. The van der Waals surface area contributed by atoms with Gasteiger partial charge in [0.05, 0.1) is 17.0 Å². The van der Waals surface area contributed by atoms with Gasteiger partial charge in [0.15, 0.2) is 0 Å². The summed E-state index contributed by atoms with van der Waals surface area (Å²) in [6, 6.07) is 10.6. The van der Waals surface area contributed by atoms with Gasteiger partial charge in [-0.25, -0.2) is 8.42 Å². The van der Waals surface area contributed by atoms with Crippen LogP contribution in [0.1, 0.15) is 24.2 Å². The Balaban J connectivity index is 2.27. The standard InChI is InChI=1S/C18H21ClN2O4S/c1-12(2)21(3)26(23,24)15-7-5-6-13(10-15)18(22)20-14-8-9-17(25-4)16(19)11-14/h5-12H,1-4H3,(H,20,22). The van der Waals surface area contributed by atoms with Crippen LogP contribution in [0.15, 0.2) is 47.4 Å².